The molecule has 0 radical (unpaired) electrons. The van der Waals surface area contributed by atoms with E-state index in [0.29, 0.717) is 24.9 Å². The van der Waals surface area contributed by atoms with Crippen molar-refractivity contribution >= 4 is 11.6 Å². The number of aliphatic hydroxyl groups is 1. The molecular formula is C20H22N2O3. The first-order valence-corrected chi connectivity index (χ1v) is 8.39. The summed E-state index contributed by atoms with van der Waals surface area (Å²) in [5.74, 6) is -0.0423. The molecule has 2 aromatic rings. The highest BCUT2D eigenvalue weighted by atomic mass is 16.6. The van der Waals surface area contributed by atoms with Gasteiger partial charge in [-0.2, -0.15) is 0 Å². The molecule has 1 heterocycles. The zero-order valence-corrected chi connectivity index (χ0v) is 14.3. The molecule has 1 aliphatic heterocycles. The lowest BCUT2D eigenvalue weighted by Crippen LogP contribution is -2.36. The van der Waals surface area contributed by atoms with Gasteiger partial charge in [0.15, 0.2) is 0 Å². The molecule has 1 atom stereocenters. The number of hydrogen-bond donors (Lipinski definition) is 1. The zero-order valence-electron chi connectivity index (χ0n) is 14.3. The van der Waals surface area contributed by atoms with E-state index in [-0.39, 0.29) is 18.6 Å². The minimum atomic E-state index is -0.0423. The third-order valence-corrected chi connectivity index (χ3v) is 4.45. The standard InChI is InChI=1S/C20H22N2O3/c1-25-21-18-13-19(11-12-23)22(14-18)20(24)17-9-7-16(8-10-17)15-5-3-2-4-6-15/h2-10,19,23H,11-14H2,1H3/b21-18+/t19-/m1/s1. The lowest BCUT2D eigenvalue weighted by molar-refractivity contribution is 0.0720. The van der Waals surface area contributed by atoms with Gasteiger partial charge in [0, 0.05) is 24.6 Å². The van der Waals surface area contributed by atoms with Crippen LogP contribution in [0.15, 0.2) is 59.8 Å². The van der Waals surface area contributed by atoms with E-state index in [1.165, 1.54) is 7.11 Å². The Bertz CT molecular complexity index is 741. The van der Waals surface area contributed by atoms with E-state index in [9.17, 15) is 9.90 Å². The molecule has 130 valence electrons. The van der Waals surface area contributed by atoms with Crippen molar-refractivity contribution in [1.29, 1.82) is 0 Å². The van der Waals surface area contributed by atoms with Gasteiger partial charge in [0.25, 0.3) is 5.91 Å². The molecule has 0 unspecified atom stereocenters. The summed E-state index contributed by atoms with van der Waals surface area (Å²) in [5, 5.41) is 13.2. The third-order valence-electron chi connectivity index (χ3n) is 4.45. The zero-order chi connectivity index (χ0) is 17.6. The van der Waals surface area contributed by atoms with E-state index in [0.717, 1.165) is 16.8 Å². The van der Waals surface area contributed by atoms with Crippen LogP contribution in [0.5, 0.6) is 0 Å². The summed E-state index contributed by atoms with van der Waals surface area (Å²) >= 11 is 0. The van der Waals surface area contributed by atoms with Crippen molar-refractivity contribution in [3.63, 3.8) is 0 Å². The van der Waals surface area contributed by atoms with Crippen LogP contribution >= 0.6 is 0 Å². The maximum absolute atomic E-state index is 12.9. The summed E-state index contributed by atoms with van der Waals surface area (Å²) < 4.78 is 0. The first-order valence-electron chi connectivity index (χ1n) is 8.39. The van der Waals surface area contributed by atoms with Crippen molar-refractivity contribution in [2.45, 2.75) is 18.9 Å². The van der Waals surface area contributed by atoms with Crippen LogP contribution < -0.4 is 0 Å². The Morgan fingerprint density at radius 2 is 1.84 bits per heavy atom. The molecule has 1 amide bonds. The van der Waals surface area contributed by atoms with Crippen LogP contribution in [-0.2, 0) is 4.84 Å². The number of carbonyl (C=O) groups is 1. The largest absolute Gasteiger partial charge is 0.399 e. The number of likely N-dealkylation sites (tertiary alicyclic amines) is 1. The van der Waals surface area contributed by atoms with E-state index < -0.39 is 0 Å². The molecule has 0 saturated carbocycles. The molecule has 1 fully saturated rings. The second kappa shape index (κ2) is 7.94. The topological polar surface area (TPSA) is 62.1 Å². The van der Waals surface area contributed by atoms with E-state index in [1.807, 2.05) is 54.6 Å². The van der Waals surface area contributed by atoms with Gasteiger partial charge in [-0.1, -0.05) is 47.6 Å². The average molecular weight is 338 g/mol. The molecule has 1 N–H and O–H groups in total. The fourth-order valence-electron chi connectivity index (χ4n) is 3.21. The highest BCUT2D eigenvalue weighted by molar-refractivity contribution is 6.00. The number of amides is 1. The number of hydrogen-bond acceptors (Lipinski definition) is 4. The van der Waals surface area contributed by atoms with E-state index in [1.54, 1.807) is 4.90 Å². The Balaban J connectivity index is 1.78. The average Bonchev–Trinajstić information content (AvgIpc) is 3.05. The summed E-state index contributed by atoms with van der Waals surface area (Å²) in [6.45, 7) is 0.486. The predicted molar refractivity (Wildman–Crippen MR) is 97.5 cm³/mol. The second-order valence-electron chi connectivity index (χ2n) is 6.09. The Morgan fingerprint density at radius 3 is 2.48 bits per heavy atom. The SMILES string of the molecule is CO/N=C1\C[C@@H](CCO)N(C(=O)c2ccc(-c3ccccc3)cc2)C1. The van der Waals surface area contributed by atoms with Gasteiger partial charge in [0.2, 0.25) is 0 Å². The number of aliphatic hydroxyl groups excluding tert-OH is 1. The molecular weight excluding hydrogens is 316 g/mol. The van der Waals surface area contributed by atoms with Crippen LogP contribution in [0.1, 0.15) is 23.2 Å². The Labute approximate surface area is 147 Å². The maximum Gasteiger partial charge on any atom is 0.254 e. The molecule has 25 heavy (non-hydrogen) atoms. The highest BCUT2D eigenvalue weighted by Crippen LogP contribution is 2.24. The quantitative estimate of drug-likeness (QED) is 0.853. The lowest BCUT2D eigenvalue weighted by Gasteiger charge is -2.23. The van der Waals surface area contributed by atoms with Gasteiger partial charge in [0.05, 0.1) is 12.3 Å². The van der Waals surface area contributed by atoms with E-state index in [2.05, 4.69) is 5.16 Å². The Kier molecular flexibility index (Phi) is 5.46. The number of benzene rings is 2. The molecule has 0 bridgehead atoms. The molecule has 1 saturated heterocycles. The van der Waals surface area contributed by atoms with Crippen LogP contribution in [0, 0.1) is 0 Å². The monoisotopic (exact) mass is 338 g/mol. The number of rotatable bonds is 5. The van der Waals surface area contributed by atoms with E-state index in [4.69, 9.17) is 4.84 Å². The predicted octanol–water partition coefficient (Wildman–Crippen LogP) is 2.95. The molecule has 0 aliphatic carbocycles. The Morgan fingerprint density at radius 1 is 1.16 bits per heavy atom. The maximum atomic E-state index is 12.9. The lowest BCUT2D eigenvalue weighted by atomic mass is 10.0. The third kappa shape index (κ3) is 3.88. The minimum absolute atomic E-state index is 0.0415. The molecule has 0 spiro atoms. The summed E-state index contributed by atoms with van der Waals surface area (Å²) in [4.78, 5) is 19.5. The van der Waals surface area contributed by atoms with Crippen LogP contribution in [0.4, 0.5) is 0 Å². The first kappa shape index (κ1) is 17.2. The van der Waals surface area contributed by atoms with E-state index >= 15 is 0 Å². The van der Waals surface area contributed by atoms with Crippen LogP contribution in [0.3, 0.4) is 0 Å². The highest BCUT2D eigenvalue weighted by Gasteiger charge is 2.33. The Hall–Kier alpha value is -2.66. The van der Waals surface area contributed by atoms with Crippen molar-refractivity contribution < 1.29 is 14.7 Å². The van der Waals surface area contributed by atoms with Crippen molar-refractivity contribution in [3.8, 4) is 11.1 Å². The molecule has 0 aromatic heterocycles. The second-order valence-corrected chi connectivity index (χ2v) is 6.09. The van der Waals surface area contributed by atoms with Crippen LogP contribution in [0.2, 0.25) is 0 Å². The van der Waals surface area contributed by atoms with Crippen molar-refractivity contribution in [1.82, 2.24) is 4.90 Å². The normalized spacial score (nSPS) is 18.6. The molecule has 2 aromatic carbocycles. The molecule has 5 nitrogen and oxygen atoms in total. The smallest absolute Gasteiger partial charge is 0.254 e. The van der Waals surface area contributed by atoms with Crippen LogP contribution in [-0.4, -0.2) is 47.9 Å². The van der Waals surface area contributed by atoms with Crippen molar-refractivity contribution in [2.24, 2.45) is 5.16 Å². The van der Waals surface area contributed by atoms with Crippen molar-refractivity contribution in [3.05, 3.63) is 60.2 Å². The molecule has 3 rings (SSSR count). The van der Waals surface area contributed by atoms with Gasteiger partial charge in [-0.05, 0) is 29.7 Å². The van der Waals surface area contributed by atoms with Gasteiger partial charge < -0.3 is 14.8 Å². The summed E-state index contributed by atoms with van der Waals surface area (Å²) in [6.07, 6.45) is 1.18. The summed E-state index contributed by atoms with van der Waals surface area (Å²) in [5.41, 5.74) is 3.67. The fourth-order valence-corrected chi connectivity index (χ4v) is 3.21. The van der Waals surface area contributed by atoms with Crippen molar-refractivity contribution in [2.75, 3.05) is 20.3 Å². The van der Waals surface area contributed by atoms with Crippen LogP contribution in [0.25, 0.3) is 11.1 Å². The van der Waals surface area contributed by atoms with Gasteiger partial charge in [-0.15, -0.1) is 0 Å². The summed E-state index contributed by atoms with van der Waals surface area (Å²) in [7, 11) is 1.50. The number of oxime groups is 1. The minimum Gasteiger partial charge on any atom is -0.399 e. The number of carbonyl (C=O) groups excluding carboxylic acids is 1. The van der Waals surface area contributed by atoms with Gasteiger partial charge >= 0.3 is 0 Å². The summed E-state index contributed by atoms with van der Waals surface area (Å²) in [6, 6.07) is 17.6. The van der Waals surface area contributed by atoms with Gasteiger partial charge in [-0.25, -0.2) is 0 Å². The first-order chi connectivity index (χ1) is 12.2. The molecule has 1 aliphatic rings. The fraction of sp³-hybridized carbons (Fsp3) is 0.300. The van der Waals surface area contributed by atoms with Gasteiger partial charge in [0.1, 0.15) is 7.11 Å². The van der Waals surface area contributed by atoms with Gasteiger partial charge in [-0.3, -0.25) is 4.79 Å². The number of nitrogens with zero attached hydrogens (tertiary/aromatic N) is 2. The molecule has 5 heteroatoms.